The van der Waals surface area contributed by atoms with Crippen molar-refractivity contribution < 1.29 is 19.0 Å². The lowest BCUT2D eigenvalue weighted by atomic mass is 9.86. The van der Waals surface area contributed by atoms with E-state index in [1.807, 2.05) is 38.1 Å². The highest BCUT2D eigenvalue weighted by Gasteiger charge is 2.24. The maximum atomic E-state index is 11.8. The van der Waals surface area contributed by atoms with Crippen molar-refractivity contribution in [2.24, 2.45) is 7.05 Å². The molecule has 0 amide bonds. The van der Waals surface area contributed by atoms with Gasteiger partial charge in [0.1, 0.15) is 23.9 Å². The molecule has 0 N–H and O–H groups in total. The van der Waals surface area contributed by atoms with Gasteiger partial charge in [-0.2, -0.15) is 10.4 Å². The van der Waals surface area contributed by atoms with Gasteiger partial charge in [-0.15, -0.1) is 0 Å². The van der Waals surface area contributed by atoms with E-state index in [2.05, 4.69) is 38.5 Å². The van der Waals surface area contributed by atoms with Gasteiger partial charge in [0.25, 0.3) is 0 Å². The smallest absolute Gasteiger partial charge is 0.451 e. The van der Waals surface area contributed by atoms with Crippen molar-refractivity contribution >= 4 is 17.5 Å². The van der Waals surface area contributed by atoms with E-state index in [1.165, 1.54) is 6.08 Å². The molecule has 1 aromatic heterocycles. The summed E-state index contributed by atoms with van der Waals surface area (Å²) in [7, 11) is 1.78. The Morgan fingerprint density at radius 3 is 2.34 bits per heavy atom. The predicted octanol–water partition coefficient (Wildman–Crippen LogP) is 5.43. The Morgan fingerprint density at radius 2 is 1.88 bits per heavy atom. The maximum Gasteiger partial charge on any atom is 0.511 e. The van der Waals surface area contributed by atoms with Crippen LogP contribution >= 0.6 is 0 Å². The molecule has 1 aromatic carbocycles. The molecule has 0 spiro atoms. The van der Waals surface area contributed by atoms with Crippen LogP contribution in [0, 0.1) is 25.2 Å². The molecule has 2 aromatic rings. The third-order valence-corrected chi connectivity index (χ3v) is 4.98. The van der Waals surface area contributed by atoms with E-state index in [0.717, 1.165) is 16.8 Å². The molecular weight excluding hydrogens is 406 g/mol. The minimum atomic E-state index is -1.01. The first kappa shape index (κ1) is 24.7. The van der Waals surface area contributed by atoms with Gasteiger partial charge in [-0.1, -0.05) is 57.7 Å². The minimum absolute atomic E-state index is 0.0156. The van der Waals surface area contributed by atoms with Gasteiger partial charge in [0.2, 0.25) is 6.29 Å². The Labute approximate surface area is 189 Å². The first-order valence-electron chi connectivity index (χ1n) is 10.4. The molecule has 170 valence electrons. The molecule has 0 saturated heterocycles. The largest absolute Gasteiger partial charge is 0.511 e. The third kappa shape index (κ3) is 5.79. The third-order valence-electron chi connectivity index (χ3n) is 4.98. The minimum Gasteiger partial charge on any atom is -0.451 e. The van der Waals surface area contributed by atoms with Crippen molar-refractivity contribution in [1.29, 1.82) is 5.26 Å². The van der Waals surface area contributed by atoms with E-state index >= 15 is 0 Å². The summed E-state index contributed by atoms with van der Waals surface area (Å²) in [6.07, 6.45) is -0.452. The number of aromatic nitrogens is 2. The number of nitriles is 1. The van der Waals surface area contributed by atoms with Gasteiger partial charge >= 0.3 is 6.16 Å². The van der Waals surface area contributed by atoms with Crippen molar-refractivity contribution in [3.8, 4) is 6.07 Å². The van der Waals surface area contributed by atoms with Crippen LogP contribution in [0.15, 0.2) is 36.9 Å². The van der Waals surface area contributed by atoms with E-state index in [4.69, 9.17) is 14.2 Å². The summed E-state index contributed by atoms with van der Waals surface area (Å²) in [4.78, 5) is 11.8. The summed E-state index contributed by atoms with van der Waals surface area (Å²) in [5.74, 6) is 0.278. The highest BCUT2D eigenvalue weighted by atomic mass is 16.8. The Hall–Kier alpha value is -3.53. The van der Waals surface area contributed by atoms with E-state index < -0.39 is 12.4 Å². The number of benzene rings is 1. The molecule has 0 radical (unpaired) electrons. The zero-order chi connectivity index (χ0) is 24.1. The second-order valence-corrected chi connectivity index (χ2v) is 8.48. The van der Waals surface area contributed by atoms with Crippen molar-refractivity contribution in [1.82, 2.24) is 9.78 Å². The number of hydrogen-bond acceptors (Lipinski definition) is 6. The summed E-state index contributed by atoms with van der Waals surface area (Å²) < 4.78 is 17.7. The topological polar surface area (TPSA) is 86.4 Å². The summed E-state index contributed by atoms with van der Waals surface area (Å²) in [5, 5.41) is 14.5. The maximum absolute atomic E-state index is 11.8. The van der Waals surface area contributed by atoms with Crippen molar-refractivity contribution in [3.63, 3.8) is 0 Å². The fourth-order valence-electron chi connectivity index (χ4n) is 3.18. The summed E-state index contributed by atoms with van der Waals surface area (Å²) in [6.45, 7) is 15.3. The van der Waals surface area contributed by atoms with Gasteiger partial charge in [0, 0.05) is 19.5 Å². The summed E-state index contributed by atoms with van der Waals surface area (Å²) >= 11 is 0. The molecule has 0 saturated carbocycles. The summed E-state index contributed by atoms with van der Waals surface area (Å²) in [5.41, 5.74) is 4.44. The molecule has 32 heavy (non-hydrogen) atoms. The molecule has 7 nitrogen and oxygen atoms in total. The predicted molar refractivity (Wildman–Crippen MR) is 123 cm³/mol. The molecular formula is C25H31N3O4. The van der Waals surface area contributed by atoms with Crippen LogP contribution in [-0.4, -0.2) is 28.8 Å². The van der Waals surface area contributed by atoms with Crippen molar-refractivity contribution in [3.05, 3.63) is 65.0 Å². The quantitative estimate of drug-likeness (QED) is 0.189. The van der Waals surface area contributed by atoms with Crippen LogP contribution in [0.25, 0.3) is 11.3 Å². The van der Waals surface area contributed by atoms with E-state index in [-0.39, 0.29) is 17.8 Å². The molecule has 7 heteroatoms. The fourth-order valence-corrected chi connectivity index (χ4v) is 3.18. The lowest BCUT2D eigenvalue weighted by Gasteiger charge is -2.21. The zero-order valence-electron chi connectivity index (χ0n) is 19.9. The second kappa shape index (κ2) is 10.2. The molecule has 0 aliphatic carbocycles. The lowest BCUT2D eigenvalue weighted by Crippen LogP contribution is -2.20. The Balaban J connectivity index is 2.55. The lowest BCUT2D eigenvalue weighted by molar-refractivity contribution is -0.0648. The van der Waals surface area contributed by atoms with Crippen LogP contribution < -0.4 is 0 Å². The molecule has 0 bridgehead atoms. The molecule has 1 heterocycles. The number of nitrogens with zero attached hydrogens (tertiary/aromatic N) is 3. The molecule has 2 rings (SSSR count). The number of allylic oxidation sites excluding steroid dienone is 1. The van der Waals surface area contributed by atoms with Crippen LogP contribution in [0.5, 0.6) is 0 Å². The molecule has 0 aliphatic rings. The fraction of sp³-hybridized carbons (Fsp3) is 0.400. The number of aryl methyl sites for hydroxylation is 2. The first-order valence-corrected chi connectivity index (χ1v) is 10.4. The standard InChI is InChI=1S/C25H31N3O4/c1-9-14-30-24(29)32-18(4)31-23(22-16(2)17(3)27-28(22)8)21(15-26)19-10-12-20(13-11-19)25(5,6)7/h9-13,18H,1,14H2,2-8H3/b23-21-. The molecule has 1 unspecified atom stereocenters. The van der Waals surface area contributed by atoms with Gasteiger partial charge in [-0.3, -0.25) is 4.68 Å². The number of hydrogen-bond donors (Lipinski definition) is 0. The van der Waals surface area contributed by atoms with Crippen LogP contribution in [0.2, 0.25) is 0 Å². The van der Waals surface area contributed by atoms with Gasteiger partial charge in [-0.05, 0) is 30.4 Å². The monoisotopic (exact) mass is 437 g/mol. The average molecular weight is 438 g/mol. The van der Waals surface area contributed by atoms with Gasteiger partial charge in [0.05, 0.1) is 5.69 Å². The molecule has 0 aliphatic heterocycles. The van der Waals surface area contributed by atoms with E-state index in [1.54, 1.807) is 18.7 Å². The van der Waals surface area contributed by atoms with Crippen LogP contribution in [0.1, 0.15) is 55.8 Å². The van der Waals surface area contributed by atoms with Gasteiger partial charge in [0.15, 0.2) is 5.76 Å². The number of rotatable bonds is 7. The Bertz CT molecular complexity index is 1050. The van der Waals surface area contributed by atoms with Gasteiger partial charge in [-0.25, -0.2) is 4.79 Å². The number of carbonyl (C=O) groups is 1. The first-order chi connectivity index (χ1) is 15.0. The highest BCUT2D eigenvalue weighted by Crippen LogP contribution is 2.32. The van der Waals surface area contributed by atoms with Crippen molar-refractivity contribution in [2.75, 3.05) is 6.61 Å². The summed E-state index contributed by atoms with van der Waals surface area (Å²) in [6, 6.07) is 10.0. The van der Waals surface area contributed by atoms with Crippen molar-refractivity contribution in [2.45, 2.75) is 53.2 Å². The Morgan fingerprint density at radius 1 is 1.25 bits per heavy atom. The van der Waals surface area contributed by atoms with Crippen LogP contribution in [-0.2, 0) is 26.7 Å². The zero-order valence-corrected chi connectivity index (χ0v) is 19.9. The average Bonchev–Trinajstić information content (AvgIpc) is 2.97. The van der Waals surface area contributed by atoms with Gasteiger partial charge < -0.3 is 14.2 Å². The van der Waals surface area contributed by atoms with Crippen LogP contribution in [0.4, 0.5) is 4.79 Å². The van der Waals surface area contributed by atoms with Crippen LogP contribution in [0.3, 0.4) is 0 Å². The Kier molecular flexibility index (Phi) is 7.87. The molecule has 0 fully saturated rings. The normalized spacial score (nSPS) is 12.9. The molecule has 1 atom stereocenters. The number of ether oxygens (including phenoxy) is 3. The van der Waals surface area contributed by atoms with E-state index in [9.17, 15) is 10.1 Å². The highest BCUT2D eigenvalue weighted by molar-refractivity contribution is 5.94. The van der Waals surface area contributed by atoms with E-state index in [0.29, 0.717) is 16.8 Å². The SMILES string of the molecule is C=CCOC(=O)OC(C)O/C(=C(/C#N)c1ccc(C(C)(C)C)cc1)c1c(C)c(C)nn1C. The number of carbonyl (C=O) groups excluding carboxylic acids is 1. The second-order valence-electron chi connectivity index (χ2n) is 8.48.